The molecule has 6 nitrogen and oxygen atoms in total. The number of methoxy groups -OCH3 is 1. The average Bonchev–Trinajstić information content (AvgIpc) is 3.24. The molecule has 7 heteroatoms. The van der Waals surface area contributed by atoms with Crippen molar-refractivity contribution in [1.82, 2.24) is 0 Å². The third-order valence-corrected chi connectivity index (χ3v) is 6.27. The van der Waals surface area contributed by atoms with Gasteiger partial charge in [-0.15, -0.1) is 0 Å². The third-order valence-electron chi connectivity index (χ3n) is 6.27. The van der Waals surface area contributed by atoms with Crippen LogP contribution < -0.4 is 14.4 Å². The van der Waals surface area contributed by atoms with Crippen LogP contribution in [0.5, 0.6) is 11.5 Å². The van der Waals surface area contributed by atoms with Crippen molar-refractivity contribution < 1.29 is 28.2 Å². The van der Waals surface area contributed by atoms with Crippen LogP contribution in [-0.4, -0.2) is 25.6 Å². The van der Waals surface area contributed by atoms with Crippen molar-refractivity contribution in [1.29, 1.82) is 0 Å². The highest BCUT2D eigenvalue weighted by Crippen LogP contribution is 2.43. The molecule has 0 saturated carbocycles. The fourth-order valence-corrected chi connectivity index (χ4v) is 4.57. The van der Waals surface area contributed by atoms with Gasteiger partial charge in [-0.2, -0.15) is 0 Å². The summed E-state index contributed by atoms with van der Waals surface area (Å²) in [5.74, 6) is -0.288. The lowest BCUT2D eigenvalue weighted by Gasteiger charge is -2.32. The summed E-state index contributed by atoms with van der Waals surface area (Å²) in [6.45, 7) is 2.25. The van der Waals surface area contributed by atoms with Crippen molar-refractivity contribution in [2.75, 3.05) is 18.6 Å². The number of rotatable bonds is 6. The number of esters is 1. The molecule has 3 aromatic carbocycles. The highest BCUT2D eigenvalue weighted by atomic mass is 19.1. The second-order valence-corrected chi connectivity index (χ2v) is 8.59. The summed E-state index contributed by atoms with van der Waals surface area (Å²) < 4.78 is 29.9. The Hall–Kier alpha value is -4.13. The van der Waals surface area contributed by atoms with Crippen molar-refractivity contribution >= 4 is 17.6 Å². The molecular weight excluding hydrogens is 449 g/mol. The number of halogens is 1. The predicted molar refractivity (Wildman–Crippen MR) is 128 cm³/mol. The molecule has 35 heavy (non-hydrogen) atoms. The number of benzene rings is 3. The van der Waals surface area contributed by atoms with Crippen LogP contribution in [0.3, 0.4) is 0 Å². The maximum absolute atomic E-state index is 13.3. The molecule has 0 aliphatic carbocycles. The van der Waals surface area contributed by atoms with Gasteiger partial charge in [-0.05, 0) is 60.0 Å². The topological polar surface area (TPSA) is 65.1 Å². The molecule has 1 amide bonds. The van der Waals surface area contributed by atoms with E-state index in [1.165, 1.54) is 19.2 Å². The standard InChI is InChI=1S/C28H24FNO5/c1-17-4-3-5-21(12-17)30-23-16-35-28(32)27(23)22(14-26(30)31)19-8-11-24(25(13-19)33-2)34-15-18-6-9-20(29)10-7-18/h3-13,22H,14-16H2,1-2H3. The van der Waals surface area contributed by atoms with Crippen LogP contribution in [-0.2, 0) is 20.9 Å². The monoisotopic (exact) mass is 473 g/mol. The maximum Gasteiger partial charge on any atom is 0.336 e. The Morgan fingerprint density at radius 3 is 2.57 bits per heavy atom. The maximum atomic E-state index is 13.3. The first-order valence-corrected chi connectivity index (χ1v) is 11.3. The van der Waals surface area contributed by atoms with E-state index in [1.54, 1.807) is 29.2 Å². The average molecular weight is 474 g/mol. The Morgan fingerprint density at radius 1 is 1.03 bits per heavy atom. The van der Waals surface area contributed by atoms with Crippen LogP contribution in [0.15, 0.2) is 78.0 Å². The van der Waals surface area contributed by atoms with Crippen molar-refractivity contribution in [3.8, 4) is 11.5 Å². The normalized spacial score (nSPS) is 17.3. The lowest BCUT2D eigenvalue weighted by Crippen LogP contribution is -2.37. The van der Waals surface area contributed by atoms with E-state index in [-0.39, 0.29) is 31.4 Å². The summed E-state index contributed by atoms with van der Waals surface area (Å²) in [5, 5.41) is 0. The number of aryl methyl sites for hydroxylation is 1. The molecule has 2 heterocycles. The highest BCUT2D eigenvalue weighted by Gasteiger charge is 2.43. The van der Waals surface area contributed by atoms with E-state index in [0.717, 1.165) is 22.4 Å². The number of hydrogen-bond acceptors (Lipinski definition) is 5. The molecule has 0 aromatic heterocycles. The SMILES string of the molecule is COc1cc(C2CC(=O)N(c3cccc(C)c3)C3=C2C(=O)OC3)ccc1OCc1ccc(F)cc1. The minimum Gasteiger partial charge on any atom is -0.493 e. The molecule has 0 fully saturated rings. The van der Waals surface area contributed by atoms with Crippen molar-refractivity contribution in [2.45, 2.75) is 25.9 Å². The first-order chi connectivity index (χ1) is 16.9. The number of carbonyl (C=O) groups is 2. The van der Waals surface area contributed by atoms with Crippen molar-refractivity contribution in [3.05, 3.63) is 101 Å². The van der Waals surface area contributed by atoms with E-state index < -0.39 is 11.9 Å². The summed E-state index contributed by atoms with van der Waals surface area (Å²) in [5.41, 5.74) is 4.40. The van der Waals surface area contributed by atoms with E-state index in [1.807, 2.05) is 37.3 Å². The highest BCUT2D eigenvalue weighted by molar-refractivity contribution is 6.06. The van der Waals surface area contributed by atoms with Crippen LogP contribution >= 0.6 is 0 Å². The van der Waals surface area contributed by atoms with Gasteiger partial charge in [-0.1, -0.05) is 30.3 Å². The van der Waals surface area contributed by atoms with Gasteiger partial charge in [0.15, 0.2) is 11.5 Å². The van der Waals surface area contributed by atoms with Gasteiger partial charge in [0.1, 0.15) is 19.0 Å². The summed E-state index contributed by atoms with van der Waals surface area (Å²) in [6.07, 6.45) is 0.126. The molecule has 3 aromatic rings. The van der Waals surface area contributed by atoms with Gasteiger partial charge in [-0.25, -0.2) is 9.18 Å². The summed E-state index contributed by atoms with van der Waals surface area (Å²) in [6, 6.07) is 19.1. The third kappa shape index (κ3) is 4.37. The molecule has 178 valence electrons. The fraction of sp³-hybridized carbons (Fsp3) is 0.214. The van der Waals surface area contributed by atoms with Crippen LogP contribution in [0.1, 0.15) is 29.0 Å². The molecule has 2 aliphatic rings. The van der Waals surface area contributed by atoms with Crippen molar-refractivity contribution in [2.24, 2.45) is 0 Å². The number of anilines is 1. The lowest BCUT2D eigenvalue weighted by atomic mass is 9.84. The van der Waals surface area contributed by atoms with E-state index in [2.05, 4.69) is 0 Å². The van der Waals surface area contributed by atoms with Gasteiger partial charge in [0.25, 0.3) is 0 Å². The number of carbonyl (C=O) groups excluding carboxylic acids is 2. The molecule has 1 atom stereocenters. The first kappa shape index (κ1) is 22.7. The zero-order valence-electron chi connectivity index (χ0n) is 19.4. The number of cyclic esters (lactones) is 1. The summed E-state index contributed by atoms with van der Waals surface area (Å²) in [7, 11) is 1.53. The van der Waals surface area contributed by atoms with E-state index in [4.69, 9.17) is 14.2 Å². The zero-order chi connectivity index (χ0) is 24.5. The Balaban J connectivity index is 1.45. The molecule has 1 unspecified atom stereocenters. The Kier molecular flexibility index (Phi) is 5.99. The van der Waals surface area contributed by atoms with Gasteiger partial charge < -0.3 is 14.2 Å². The largest absolute Gasteiger partial charge is 0.493 e. The zero-order valence-corrected chi connectivity index (χ0v) is 19.4. The summed E-state index contributed by atoms with van der Waals surface area (Å²) >= 11 is 0. The van der Waals surface area contributed by atoms with E-state index in [0.29, 0.717) is 22.8 Å². The minimum absolute atomic E-state index is 0.0559. The van der Waals surface area contributed by atoms with Gasteiger partial charge in [-0.3, -0.25) is 9.69 Å². The van der Waals surface area contributed by atoms with Gasteiger partial charge in [0.05, 0.1) is 18.4 Å². The molecule has 5 rings (SSSR count). The second-order valence-electron chi connectivity index (χ2n) is 8.59. The quantitative estimate of drug-likeness (QED) is 0.469. The Morgan fingerprint density at radius 2 is 1.83 bits per heavy atom. The smallest absolute Gasteiger partial charge is 0.336 e. The minimum atomic E-state index is -0.450. The first-order valence-electron chi connectivity index (χ1n) is 11.3. The fourth-order valence-electron chi connectivity index (χ4n) is 4.57. The second kappa shape index (κ2) is 9.25. The summed E-state index contributed by atoms with van der Waals surface area (Å²) in [4.78, 5) is 27.6. The van der Waals surface area contributed by atoms with Crippen LogP contribution in [0, 0.1) is 12.7 Å². The number of nitrogens with zero attached hydrogens (tertiary/aromatic N) is 1. The molecule has 0 spiro atoms. The number of amides is 1. The predicted octanol–water partition coefficient (Wildman–Crippen LogP) is 5.05. The van der Waals surface area contributed by atoms with Crippen LogP contribution in [0.2, 0.25) is 0 Å². The molecule has 2 aliphatic heterocycles. The number of ether oxygens (including phenoxy) is 3. The molecule has 0 radical (unpaired) electrons. The van der Waals surface area contributed by atoms with Crippen molar-refractivity contribution in [3.63, 3.8) is 0 Å². The Labute approximate surface area is 202 Å². The molecule has 0 bridgehead atoms. The molecule has 0 N–H and O–H groups in total. The Bertz CT molecular complexity index is 1330. The lowest BCUT2D eigenvalue weighted by molar-refractivity contribution is -0.136. The number of hydrogen-bond donors (Lipinski definition) is 0. The van der Waals surface area contributed by atoms with Gasteiger partial charge >= 0.3 is 5.97 Å². The van der Waals surface area contributed by atoms with Gasteiger partial charge in [0, 0.05) is 18.0 Å². The van der Waals surface area contributed by atoms with Crippen LogP contribution in [0.25, 0.3) is 0 Å². The molecular formula is C28H24FNO5. The van der Waals surface area contributed by atoms with E-state index >= 15 is 0 Å². The van der Waals surface area contributed by atoms with Crippen LogP contribution in [0.4, 0.5) is 10.1 Å². The van der Waals surface area contributed by atoms with Gasteiger partial charge in [0.2, 0.25) is 5.91 Å². The van der Waals surface area contributed by atoms with E-state index in [9.17, 15) is 14.0 Å². The molecule has 0 saturated heterocycles.